The largest absolute Gasteiger partial charge is 0.496 e. The van der Waals surface area contributed by atoms with E-state index in [1.54, 1.807) is 18.2 Å². The number of carbonyl (C=O) groups is 2. The molecular formula is C18H16FNO5. The van der Waals surface area contributed by atoms with Gasteiger partial charge in [0.15, 0.2) is 17.7 Å². The minimum atomic E-state index is -1.12. The number of carboxylic acid groups (broad SMARTS) is 1. The Labute approximate surface area is 143 Å². The number of amides is 1. The quantitative estimate of drug-likeness (QED) is 0.867. The van der Waals surface area contributed by atoms with E-state index in [-0.39, 0.29) is 29.5 Å². The van der Waals surface area contributed by atoms with Crippen LogP contribution in [0.2, 0.25) is 0 Å². The molecular weight excluding hydrogens is 329 g/mol. The van der Waals surface area contributed by atoms with Crippen LogP contribution in [0, 0.1) is 5.82 Å². The van der Waals surface area contributed by atoms with Crippen molar-refractivity contribution in [1.29, 1.82) is 0 Å². The minimum Gasteiger partial charge on any atom is -0.496 e. The van der Waals surface area contributed by atoms with Gasteiger partial charge < -0.3 is 19.9 Å². The molecule has 0 fully saturated rings. The van der Waals surface area contributed by atoms with E-state index in [1.165, 1.54) is 25.3 Å². The number of para-hydroxylation sites is 1. The first kappa shape index (κ1) is 16.8. The molecule has 130 valence electrons. The molecule has 1 heterocycles. The molecule has 7 heteroatoms. The van der Waals surface area contributed by atoms with Gasteiger partial charge in [-0.1, -0.05) is 18.2 Å². The van der Waals surface area contributed by atoms with Crippen molar-refractivity contribution in [3.05, 3.63) is 58.9 Å². The van der Waals surface area contributed by atoms with Crippen LogP contribution in [0.1, 0.15) is 21.5 Å². The SMILES string of the molecule is COc1ccc(CNC(=O)[C@H]2Cc3cccc(F)c3O2)cc1C(=O)O. The molecule has 0 radical (unpaired) electrons. The van der Waals surface area contributed by atoms with Crippen LogP contribution < -0.4 is 14.8 Å². The van der Waals surface area contributed by atoms with Gasteiger partial charge in [-0.3, -0.25) is 4.79 Å². The first-order valence-electron chi connectivity index (χ1n) is 7.61. The predicted molar refractivity (Wildman–Crippen MR) is 86.3 cm³/mol. The molecule has 0 saturated heterocycles. The Kier molecular flexibility index (Phi) is 4.56. The van der Waals surface area contributed by atoms with E-state index >= 15 is 0 Å². The topological polar surface area (TPSA) is 84.9 Å². The number of aromatic carboxylic acids is 1. The summed E-state index contributed by atoms with van der Waals surface area (Å²) in [5.41, 5.74) is 1.27. The Hall–Kier alpha value is -3.09. The highest BCUT2D eigenvalue weighted by molar-refractivity contribution is 5.91. The van der Waals surface area contributed by atoms with E-state index in [0.29, 0.717) is 17.5 Å². The fraction of sp³-hybridized carbons (Fsp3) is 0.222. The summed E-state index contributed by atoms with van der Waals surface area (Å²) in [6.07, 6.45) is -0.508. The Morgan fingerprint density at radius 2 is 2.16 bits per heavy atom. The number of fused-ring (bicyclic) bond motifs is 1. The van der Waals surface area contributed by atoms with E-state index in [0.717, 1.165) is 0 Å². The van der Waals surface area contributed by atoms with Gasteiger partial charge in [0.05, 0.1) is 7.11 Å². The van der Waals surface area contributed by atoms with Gasteiger partial charge in [-0.2, -0.15) is 0 Å². The zero-order valence-electron chi connectivity index (χ0n) is 13.4. The maximum atomic E-state index is 13.6. The Balaban J connectivity index is 1.65. The van der Waals surface area contributed by atoms with E-state index in [4.69, 9.17) is 9.47 Å². The van der Waals surface area contributed by atoms with Crippen molar-refractivity contribution in [2.45, 2.75) is 19.1 Å². The molecule has 1 amide bonds. The molecule has 0 aliphatic carbocycles. The third-order valence-electron chi connectivity index (χ3n) is 3.97. The molecule has 0 spiro atoms. The molecule has 6 nitrogen and oxygen atoms in total. The summed E-state index contributed by atoms with van der Waals surface area (Å²) >= 11 is 0. The molecule has 1 aliphatic heterocycles. The van der Waals surface area contributed by atoms with Gasteiger partial charge in [-0.25, -0.2) is 9.18 Å². The average Bonchev–Trinajstić information content (AvgIpc) is 3.05. The molecule has 2 N–H and O–H groups in total. The average molecular weight is 345 g/mol. The lowest BCUT2D eigenvalue weighted by Gasteiger charge is -2.12. The number of benzene rings is 2. The van der Waals surface area contributed by atoms with Crippen molar-refractivity contribution in [2.24, 2.45) is 0 Å². The van der Waals surface area contributed by atoms with Crippen molar-refractivity contribution >= 4 is 11.9 Å². The lowest BCUT2D eigenvalue weighted by Crippen LogP contribution is -2.37. The van der Waals surface area contributed by atoms with Gasteiger partial charge in [0.2, 0.25) is 0 Å². The number of hydrogen-bond acceptors (Lipinski definition) is 4. The van der Waals surface area contributed by atoms with Crippen molar-refractivity contribution in [2.75, 3.05) is 7.11 Å². The molecule has 0 bridgehead atoms. The maximum absolute atomic E-state index is 13.6. The molecule has 2 aromatic carbocycles. The number of rotatable bonds is 5. The summed E-state index contributed by atoms with van der Waals surface area (Å²) in [4.78, 5) is 23.5. The highest BCUT2D eigenvalue weighted by Gasteiger charge is 2.30. The highest BCUT2D eigenvalue weighted by Crippen LogP contribution is 2.31. The summed E-state index contributed by atoms with van der Waals surface area (Å²) in [6, 6.07) is 9.20. The van der Waals surface area contributed by atoms with E-state index in [1.807, 2.05) is 0 Å². The molecule has 3 rings (SSSR count). The fourth-order valence-electron chi connectivity index (χ4n) is 2.71. The normalized spacial score (nSPS) is 15.2. The van der Waals surface area contributed by atoms with Crippen LogP contribution >= 0.6 is 0 Å². The molecule has 25 heavy (non-hydrogen) atoms. The Morgan fingerprint density at radius 3 is 2.84 bits per heavy atom. The molecule has 0 aromatic heterocycles. The van der Waals surface area contributed by atoms with Crippen LogP contribution in [-0.2, 0) is 17.8 Å². The van der Waals surface area contributed by atoms with Gasteiger partial charge in [-0.15, -0.1) is 0 Å². The van der Waals surface area contributed by atoms with Crippen LogP contribution in [0.25, 0.3) is 0 Å². The van der Waals surface area contributed by atoms with Crippen LogP contribution in [-0.4, -0.2) is 30.2 Å². The minimum absolute atomic E-state index is 0.0147. The first-order valence-corrected chi connectivity index (χ1v) is 7.61. The van der Waals surface area contributed by atoms with Crippen molar-refractivity contribution < 1.29 is 28.6 Å². The van der Waals surface area contributed by atoms with Gasteiger partial charge in [0.25, 0.3) is 5.91 Å². The zero-order chi connectivity index (χ0) is 18.0. The summed E-state index contributed by atoms with van der Waals surface area (Å²) in [6.45, 7) is 0.127. The van der Waals surface area contributed by atoms with E-state index in [9.17, 15) is 19.1 Å². The predicted octanol–water partition coefficient (Wildman–Crippen LogP) is 2.15. The van der Waals surface area contributed by atoms with E-state index in [2.05, 4.69) is 5.32 Å². The standard InChI is InChI=1S/C18H16FNO5/c1-24-14-6-5-10(7-12(14)18(22)23)9-20-17(21)15-8-11-3-2-4-13(19)16(11)25-15/h2-7,15H,8-9H2,1H3,(H,20,21)(H,22,23)/t15-/m1/s1. The number of hydrogen-bond donors (Lipinski definition) is 2. The summed E-state index contributed by atoms with van der Waals surface area (Å²) in [5.74, 6) is -1.64. The lowest BCUT2D eigenvalue weighted by atomic mass is 10.1. The van der Waals surface area contributed by atoms with Gasteiger partial charge in [0, 0.05) is 18.5 Å². The molecule has 2 aromatic rings. The third-order valence-corrected chi connectivity index (χ3v) is 3.97. The van der Waals surface area contributed by atoms with Crippen LogP contribution in [0.15, 0.2) is 36.4 Å². The third kappa shape index (κ3) is 3.40. The number of methoxy groups -OCH3 is 1. The second-order valence-corrected chi connectivity index (χ2v) is 5.60. The van der Waals surface area contributed by atoms with Gasteiger partial charge >= 0.3 is 5.97 Å². The van der Waals surface area contributed by atoms with Crippen molar-refractivity contribution in [1.82, 2.24) is 5.32 Å². The maximum Gasteiger partial charge on any atom is 0.339 e. The zero-order valence-corrected chi connectivity index (χ0v) is 13.4. The van der Waals surface area contributed by atoms with Crippen LogP contribution in [0.3, 0.4) is 0 Å². The van der Waals surface area contributed by atoms with Crippen LogP contribution in [0.5, 0.6) is 11.5 Å². The lowest BCUT2D eigenvalue weighted by molar-refractivity contribution is -0.127. The van der Waals surface area contributed by atoms with Gasteiger partial charge in [-0.05, 0) is 23.8 Å². The van der Waals surface area contributed by atoms with Crippen LogP contribution in [0.4, 0.5) is 4.39 Å². The number of ether oxygens (including phenoxy) is 2. The number of carbonyl (C=O) groups excluding carboxylic acids is 1. The fourth-order valence-corrected chi connectivity index (χ4v) is 2.71. The van der Waals surface area contributed by atoms with Crippen molar-refractivity contribution in [3.63, 3.8) is 0 Å². The Morgan fingerprint density at radius 1 is 1.36 bits per heavy atom. The smallest absolute Gasteiger partial charge is 0.339 e. The molecule has 0 saturated carbocycles. The van der Waals surface area contributed by atoms with Crippen molar-refractivity contribution in [3.8, 4) is 11.5 Å². The summed E-state index contributed by atoms with van der Waals surface area (Å²) < 4.78 is 24.0. The molecule has 0 unspecified atom stereocenters. The number of halogens is 1. The highest BCUT2D eigenvalue weighted by atomic mass is 19.1. The summed E-state index contributed by atoms with van der Waals surface area (Å²) in [5, 5.41) is 11.9. The van der Waals surface area contributed by atoms with E-state index < -0.39 is 17.9 Å². The second-order valence-electron chi connectivity index (χ2n) is 5.60. The van der Waals surface area contributed by atoms with Gasteiger partial charge in [0.1, 0.15) is 11.3 Å². The number of carboxylic acids is 1. The second kappa shape index (κ2) is 6.80. The first-order chi connectivity index (χ1) is 12.0. The Bertz CT molecular complexity index is 836. The molecule has 1 aliphatic rings. The summed E-state index contributed by atoms with van der Waals surface area (Å²) in [7, 11) is 1.39. The number of nitrogens with one attached hydrogen (secondary N) is 1. The monoisotopic (exact) mass is 345 g/mol. The molecule has 1 atom stereocenters.